The van der Waals surface area contributed by atoms with Crippen molar-refractivity contribution in [1.82, 2.24) is 14.6 Å². The number of thiazole rings is 1. The molecule has 104 valence electrons. The summed E-state index contributed by atoms with van der Waals surface area (Å²) in [6.07, 6.45) is 1.38. The van der Waals surface area contributed by atoms with E-state index in [0.717, 1.165) is 16.3 Å². The van der Waals surface area contributed by atoms with Crippen molar-refractivity contribution in [2.75, 3.05) is 0 Å². The van der Waals surface area contributed by atoms with Crippen LogP contribution in [0.25, 0.3) is 15.2 Å². The minimum Gasteiger partial charge on any atom is -0.481 e. The summed E-state index contributed by atoms with van der Waals surface area (Å²) < 4.78 is 3.27. The highest BCUT2D eigenvalue weighted by Gasteiger charge is 2.14. The Morgan fingerprint density at radius 1 is 1.35 bits per heavy atom. The largest absolute Gasteiger partial charge is 0.481 e. The van der Waals surface area contributed by atoms with Gasteiger partial charge in [-0.3, -0.25) is 9.20 Å². The van der Waals surface area contributed by atoms with Gasteiger partial charge >= 0.3 is 5.97 Å². The molecule has 20 heavy (non-hydrogen) atoms. The fourth-order valence-corrected chi connectivity index (χ4v) is 3.69. The van der Waals surface area contributed by atoms with Gasteiger partial charge in [0.25, 0.3) is 0 Å². The Bertz CT molecular complexity index is 804. The average Bonchev–Trinajstić information content (AvgIpc) is 2.87. The van der Waals surface area contributed by atoms with Crippen molar-refractivity contribution in [3.8, 4) is 0 Å². The van der Waals surface area contributed by atoms with Gasteiger partial charge < -0.3 is 5.11 Å². The maximum atomic E-state index is 10.6. The molecule has 0 bridgehead atoms. The van der Waals surface area contributed by atoms with E-state index in [-0.39, 0.29) is 6.42 Å². The summed E-state index contributed by atoms with van der Waals surface area (Å²) in [5.74, 6) is 0.0761. The first-order valence-corrected chi connectivity index (χ1v) is 7.33. The lowest BCUT2D eigenvalue weighted by Gasteiger charge is -2.02. The van der Waals surface area contributed by atoms with E-state index in [0.29, 0.717) is 12.8 Å². The smallest absolute Gasteiger partial charge is 0.303 e. The third kappa shape index (κ3) is 2.16. The quantitative estimate of drug-likeness (QED) is 0.801. The van der Waals surface area contributed by atoms with E-state index in [1.54, 1.807) is 11.3 Å². The molecule has 0 saturated carbocycles. The molecule has 2 aromatic heterocycles. The minimum atomic E-state index is -0.771. The van der Waals surface area contributed by atoms with Crippen LogP contribution < -0.4 is 0 Å². The monoisotopic (exact) mass is 289 g/mol. The van der Waals surface area contributed by atoms with Crippen LogP contribution in [0.5, 0.6) is 0 Å². The summed E-state index contributed by atoms with van der Waals surface area (Å²) in [7, 11) is 0. The molecule has 5 nitrogen and oxygen atoms in total. The number of rotatable bonds is 4. The summed E-state index contributed by atoms with van der Waals surface area (Å²) in [5, 5.41) is 17.1. The molecule has 0 aliphatic rings. The number of carbonyl (C=O) groups is 1. The Hall–Kier alpha value is -1.95. The molecule has 0 saturated heterocycles. The van der Waals surface area contributed by atoms with Crippen molar-refractivity contribution in [1.29, 1.82) is 0 Å². The Labute approximate surface area is 119 Å². The maximum absolute atomic E-state index is 10.6. The van der Waals surface area contributed by atoms with Crippen LogP contribution in [0.4, 0.5) is 0 Å². The molecule has 0 amide bonds. The number of aliphatic carboxylic acids is 1. The predicted octanol–water partition coefficient (Wildman–Crippen LogP) is 2.97. The first kappa shape index (κ1) is 13.1. The highest BCUT2D eigenvalue weighted by Crippen LogP contribution is 2.30. The highest BCUT2D eigenvalue weighted by atomic mass is 32.1. The lowest BCUT2D eigenvalue weighted by molar-refractivity contribution is -0.137. The SMILES string of the molecule is Cc1cc(C)c2c(c1)sc1nnc(CCCC(=O)O)n12. The van der Waals surface area contributed by atoms with Gasteiger partial charge in [-0.05, 0) is 37.5 Å². The lowest BCUT2D eigenvalue weighted by atomic mass is 10.1. The summed E-state index contributed by atoms with van der Waals surface area (Å²) in [4.78, 5) is 11.5. The first-order chi connectivity index (χ1) is 9.56. The molecule has 0 fully saturated rings. The van der Waals surface area contributed by atoms with E-state index < -0.39 is 5.97 Å². The van der Waals surface area contributed by atoms with E-state index in [1.807, 2.05) is 0 Å². The fraction of sp³-hybridized carbons (Fsp3) is 0.357. The third-order valence-corrected chi connectivity index (χ3v) is 4.30. The number of hydrogen-bond acceptors (Lipinski definition) is 4. The minimum absolute atomic E-state index is 0.162. The van der Waals surface area contributed by atoms with E-state index in [9.17, 15) is 4.79 Å². The Balaban J connectivity index is 2.08. The zero-order valence-electron chi connectivity index (χ0n) is 11.4. The van der Waals surface area contributed by atoms with Crippen LogP contribution in [0.3, 0.4) is 0 Å². The van der Waals surface area contributed by atoms with Gasteiger partial charge in [-0.1, -0.05) is 17.4 Å². The molecule has 0 spiro atoms. The molecule has 0 atom stereocenters. The van der Waals surface area contributed by atoms with Crippen LogP contribution >= 0.6 is 11.3 Å². The predicted molar refractivity (Wildman–Crippen MR) is 78.4 cm³/mol. The molecule has 1 aromatic carbocycles. The molecule has 0 radical (unpaired) electrons. The molecule has 2 heterocycles. The van der Waals surface area contributed by atoms with Crippen molar-refractivity contribution >= 4 is 32.5 Å². The fourth-order valence-electron chi connectivity index (χ4n) is 2.53. The Kier molecular flexibility index (Phi) is 3.17. The molecule has 1 N–H and O–H groups in total. The molecule has 3 rings (SSSR count). The molecule has 3 aromatic rings. The van der Waals surface area contributed by atoms with Gasteiger partial charge in [0.1, 0.15) is 5.82 Å². The number of hydrogen-bond donors (Lipinski definition) is 1. The van der Waals surface area contributed by atoms with E-state index in [1.165, 1.54) is 15.8 Å². The van der Waals surface area contributed by atoms with Crippen molar-refractivity contribution in [2.24, 2.45) is 0 Å². The Morgan fingerprint density at radius 2 is 2.15 bits per heavy atom. The highest BCUT2D eigenvalue weighted by molar-refractivity contribution is 7.23. The van der Waals surface area contributed by atoms with E-state index in [2.05, 4.69) is 40.6 Å². The lowest BCUT2D eigenvalue weighted by Crippen LogP contribution is -1.99. The van der Waals surface area contributed by atoms with E-state index >= 15 is 0 Å². The molecule has 0 unspecified atom stereocenters. The summed E-state index contributed by atoms with van der Waals surface area (Å²) in [5.41, 5.74) is 3.58. The van der Waals surface area contributed by atoms with Gasteiger partial charge in [-0.25, -0.2) is 0 Å². The summed E-state index contributed by atoms with van der Waals surface area (Å²) >= 11 is 1.62. The van der Waals surface area contributed by atoms with Crippen molar-refractivity contribution < 1.29 is 9.90 Å². The van der Waals surface area contributed by atoms with Gasteiger partial charge in [0.2, 0.25) is 4.96 Å². The summed E-state index contributed by atoms with van der Waals surface area (Å²) in [6.45, 7) is 4.17. The summed E-state index contributed by atoms with van der Waals surface area (Å²) in [6, 6.07) is 4.30. The molecule has 0 aliphatic heterocycles. The van der Waals surface area contributed by atoms with Crippen LogP contribution in [-0.2, 0) is 11.2 Å². The van der Waals surface area contributed by atoms with Crippen molar-refractivity contribution in [2.45, 2.75) is 33.1 Å². The molecular formula is C14H15N3O2S. The van der Waals surface area contributed by atoms with Gasteiger partial charge in [-0.2, -0.15) is 0 Å². The number of fused-ring (bicyclic) bond motifs is 3. The van der Waals surface area contributed by atoms with Crippen LogP contribution in [0, 0.1) is 13.8 Å². The number of aromatic nitrogens is 3. The maximum Gasteiger partial charge on any atom is 0.303 e. The van der Waals surface area contributed by atoms with E-state index in [4.69, 9.17) is 5.11 Å². The number of nitrogens with zero attached hydrogens (tertiary/aromatic N) is 3. The number of benzene rings is 1. The average molecular weight is 289 g/mol. The topological polar surface area (TPSA) is 67.5 Å². The third-order valence-electron chi connectivity index (χ3n) is 3.33. The first-order valence-electron chi connectivity index (χ1n) is 6.52. The zero-order chi connectivity index (χ0) is 14.3. The second-order valence-corrected chi connectivity index (χ2v) is 6.02. The second-order valence-electron chi connectivity index (χ2n) is 5.01. The number of carboxylic acids is 1. The normalized spacial score (nSPS) is 11.5. The van der Waals surface area contributed by atoms with Gasteiger partial charge in [-0.15, -0.1) is 10.2 Å². The van der Waals surface area contributed by atoms with Crippen molar-refractivity contribution in [3.05, 3.63) is 29.1 Å². The zero-order valence-corrected chi connectivity index (χ0v) is 12.2. The van der Waals surface area contributed by atoms with Crippen LogP contribution in [0.2, 0.25) is 0 Å². The molecular weight excluding hydrogens is 274 g/mol. The van der Waals surface area contributed by atoms with Crippen LogP contribution in [0.15, 0.2) is 12.1 Å². The molecule has 0 aliphatic carbocycles. The molecule has 6 heteroatoms. The standard InChI is InChI=1S/C14H15N3O2S/c1-8-6-9(2)13-10(7-8)20-14-16-15-11(17(13)14)4-3-5-12(18)19/h6-7H,3-5H2,1-2H3,(H,18,19). The van der Waals surface area contributed by atoms with Gasteiger partial charge in [0.05, 0.1) is 10.2 Å². The van der Waals surface area contributed by atoms with Crippen molar-refractivity contribution in [3.63, 3.8) is 0 Å². The van der Waals surface area contributed by atoms with Crippen LogP contribution in [0.1, 0.15) is 29.8 Å². The second kappa shape index (κ2) is 4.86. The number of carboxylic acid groups (broad SMARTS) is 1. The number of aryl methyl sites for hydroxylation is 3. The van der Waals surface area contributed by atoms with Gasteiger partial charge in [0, 0.05) is 12.8 Å². The Morgan fingerprint density at radius 3 is 2.90 bits per heavy atom. The van der Waals surface area contributed by atoms with Crippen LogP contribution in [-0.4, -0.2) is 25.7 Å². The van der Waals surface area contributed by atoms with Gasteiger partial charge in [0.15, 0.2) is 0 Å².